The van der Waals surface area contributed by atoms with Crippen molar-refractivity contribution >= 4 is 16.9 Å². The molecule has 0 aliphatic rings. The third-order valence-corrected chi connectivity index (χ3v) is 5.37. The average Bonchev–Trinajstić information content (AvgIpc) is 3.09. The van der Waals surface area contributed by atoms with Gasteiger partial charge < -0.3 is 5.32 Å². The summed E-state index contributed by atoms with van der Waals surface area (Å²) in [7, 11) is 1.37. The predicted octanol–water partition coefficient (Wildman–Crippen LogP) is 4.23. The van der Waals surface area contributed by atoms with Crippen molar-refractivity contribution in [2.75, 3.05) is 7.05 Å². The van der Waals surface area contributed by atoms with E-state index >= 15 is 0 Å². The van der Waals surface area contributed by atoms with Gasteiger partial charge in [0.2, 0.25) is 0 Å². The second kappa shape index (κ2) is 8.51. The molecule has 0 radical (unpaired) electrons. The molecule has 0 fully saturated rings. The van der Waals surface area contributed by atoms with Gasteiger partial charge in [0.15, 0.2) is 0 Å². The summed E-state index contributed by atoms with van der Waals surface area (Å²) in [6.45, 7) is -0.0836. The van der Waals surface area contributed by atoms with Gasteiger partial charge in [0.25, 0.3) is 5.91 Å². The molecule has 4 aromatic rings. The van der Waals surface area contributed by atoms with Crippen LogP contribution in [0.5, 0.6) is 0 Å². The molecule has 1 N–H and O–H groups in total. The van der Waals surface area contributed by atoms with Gasteiger partial charge in [-0.15, -0.1) is 0 Å². The van der Waals surface area contributed by atoms with Crippen molar-refractivity contribution in [2.45, 2.75) is 12.7 Å². The van der Waals surface area contributed by atoms with Crippen molar-refractivity contribution in [3.63, 3.8) is 0 Å². The van der Waals surface area contributed by atoms with E-state index in [-0.39, 0.29) is 17.8 Å². The minimum atomic E-state index is -4.78. The van der Waals surface area contributed by atoms with Crippen LogP contribution in [-0.4, -0.2) is 22.1 Å². The Hall–Kier alpha value is -4.39. The van der Waals surface area contributed by atoms with Crippen LogP contribution in [0.4, 0.5) is 17.6 Å². The van der Waals surface area contributed by atoms with E-state index in [1.807, 2.05) is 0 Å². The van der Waals surface area contributed by atoms with E-state index in [4.69, 9.17) is 5.26 Å². The number of nitriles is 1. The lowest BCUT2D eigenvalue weighted by Crippen LogP contribution is -2.24. The summed E-state index contributed by atoms with van der Waals surface area (Å²) in [5, 5.41) is 11.4. The van der Waals surface area contributed by atoms with E-state index in [0.29, 0.717) is 16.6 Å². The second-order valence-corrected chi connectivity index (χ2v) is 7.43. The fourth-order valence-corrected chi connectivity index (χ4v) is 3.77. The molecule has 34 heavy (non-hydrogen) atoms. The van der Waals surface area contributed by atoms with E-state index in [1.165, 1.54) is 35.9 Å². The van der Waals surface area contributed by atoms with Crippen molar-refractivity contribution in [3.05, 3.63) is 99.2 Å². The molecule has 6 nitrogen and oxygen atoms in total. The normalized spacial score (nSPS) is 11.4. The number of nitrogens with one attached hydrogen (secondary N) is 1. The Kier molecular flexibility index (Phi) is 5.71. The number of hydrogen-bond acceptors (Lipinski definition) is 3. The summed E-state index contributed by atoms with van der Waals surface area (Å²) in [6, 6.07) is 15.0. The van der Waals surface area contributed by atoms with Gasteiger partial charge in [0.05, 0.1) is 46.0 Å². The zero-order chi connectivity index (χ0) is 24.6. The average molecular weight is 468 g/mol. The highest BCUT2D eigenvalue weighted by Crippen LogP contribution is 2.33. The number of alkyl halides is 3. The molecule has 3 aromatic carbocycles. The topological polar surface area (TPSA) is 79.8 Å². The molecule has 0 unspecified atom stereocenters. The Morgan fingerprint density at radius 1 is 1.06 bits per heavy atom. The zero-order valence-electron chi connectivity index (χ0n) is 17.7. The summed E-state index contributed by atoms with van der Waals surface area (Å²) in [5.74, 6) is -1.37. The maximum atomic E-state index is 14.4. The van der Waals surface area contributed by atoms with Crippen molar-refractivity contribution < 1.29 is 22.4 Å². The molecule has 4 rings (SSSR count). The number of halogens is 4. The molecular formula is C24H16F4N4O2. The molecule has 0 bridgehead atoms. The molecule has 0 spiro atoms. The van der Waals surface area contributed by atoms with Crippen LogP contribution in [0.15, 0.2) is 65.5 Å². The van der Waals surface area contributed by atoms with Gasteiger partial charge in [-0.2, -0.15) is 18.4 Å². The Morgan fingerprint density at radius 3 is 2.38 bits per heavy atom. The third-order valence-electron chi connectivity index (χ3n) is 5.37. The van der Waals surface area contributed by atoms with Gasteiger partial charge in [0, 0.05) is 7.05 Å². The van der Waals surface area contributed by atoms with E-state index in [2.05, 4.69) is 5.32 Å². The van der Waals surface area contributed by atoms with Crippen molar-refractivity contribution in [1.82, 2.24) is 14.5 Å². The number of rotatable bonds is 4. The number of nitrogens with zero attached hydrogens (tertiary/aromatic N) is 3. The van der Waals surface area contributed by atoms with Crippen LogP contribution in [0.2, 0.25) is 0 Å². The standard InChI is InChI=1S/C24H16F4N4O2/c1-30-22(33)17-9-6-14(10-19(17)25)13-31-20-4-2-3-5-21(20)32(23(31)34)16-8-7-15(12-29)18(11-16)24(26,27)28/h2-11H,13H2,1H3,(H,30,33). The number of carbonyl (C=O) groups excluding carboxylic acids is 1. The largest absolute Gasteiger partial charge is 0.417 e. The van der Waals surface area contributed by atoms with Crippen LogP contribution in [-0.2, 0) is 12.7 Å². The van der Waals surface area contributed by atoms with E-state index in [0.717, 1.165) is 22.8 Å². The first kappa shape index (κ1) is 22.8. The Morgan fingerprint density at radius 2 is 1.76 bits per heavy atom. The van der Waals surface area contributed by atoms with Crippen molar-refractivity contribution in [1.29, 1.82) is 5.26 Å². The van der Waals surface area contributed by atoms with Crippen LogP contribution in [0.3, 0.4) is 0 Å². The number of amides is 1. The minimum Gasteiger partial charge on any atom is -0.355 e. The fraction of sp³-hybridized carbons (Fsp3) is 0.125. The molecule has 1 heterocycles. The first-order chi connectivity index (χ1) is 16.2. The Labute approximate surface area is 190 Å². The van der Waals surface area contributed by atoms with Crippen LogP contribution in [0, 0.1) is 17.1 Å². The lowest BCUT2D eigenvalue weighted by Gasteiger charge is -2.11. The highest BCUT2D eigenvalue weighted by atomic mass is 19.4. The van der Waals surface area contributed by atoms with Crippen LogP contribution < -0.4 is 11.0 Å². The number of imidazole rings is 1. The summed E-state index contributed by atoms with van der Waals surface area (Å²) < 4.78 is 57.3. The van der Waals surface area contributed by atoms with Crippen LogP contribution in [0.25, 0.3) is 16.7 Å². The number of carbonyl (C=O) groups is 1. The fourth-order valence-electron chi connectivity index (χ4n) is 3.77. The molecule has 0 aliphatic heterocycles. The zero-order valence-corrected chi connectivity index (χ0v) is 17.7. The number of hydrogen-bond donors (Lipinski definition) is 1. The Balaban J connectivity index is 1.87. The Bertz CT molecular complexity index is 1530. The highest BCUT2D eigenvalue weighted by molar-refractivity contribution is 5.94. The highest BCUT2D eigenvalue weighted by Gasteiger charge is 2.34. The molecule has 0 aliphatic carbocycles. The molecule has 0 saturated carbocycles. The lowest BCUT2D eigenvalue weighted by molar-refractivity contribution is -0.137. The molecule has 172 valence electrons. The molecule has 10 heteroatoms. The number of fused-ring (bicyclic) bond motifs is 1. The number of para-hydroxylation sites is 2. The van der Waals surface area contributed by atoms with Gasteiger partial charge in [-0.1, -0.05) is 18.2 Å². The first-order valence-corrected chi connectivity index (χ1v) is 9.98. The number of benzene rings is 3. The summed E-state index contributed by atoms with van der Waals surface area (Å²) in [5.41, 5.74) is -1.43. The van der Waals surface area contributed by atoms with Gasteiger partial charge in [-0.05, 0) is 48.0 Å². The van der Waals surface area contributed by atoms with E-state index < -0.39 is 34.7 Å². The molecule has 1 aromatic heterocycles. The van der Waals surface area contributed by atoms with Crippen molar-refractivity contribution in [3.8, 4) is 11.8 Å². The SMILES string of the molecule is CNC(=O)c1ccc(Cn2c(=O)n(-c3ccc(C#N)c(C(F)(F)F)c3)c3ccccc32)cc1F. The quantitative estimate of drug-likeness (QED) is 0.456. The van der Waals surface area contributed by atoms with Crippen LogP contribution in [0.1, 0.15) is 27.0 Å². The summed E-state index contributed by atoms with van der Waals surface area (Å²) in [6.07, 6.45) is -4.78. The van der Waals surface area contributed by atoms with Gasteiger partial charge in [-0.3, -0.25) is 13.9 Å². The van der Waals surface area contributed by atoms with E-state index in [1.54, 1.807) is 24.3 Å². The molecular weight excluding hydrogens is 452 g/mol. The predicted molar refractivity (Wildman–Crippen MR) is 116 cm³/mol. The third kappa shape index (κ3) is 3.92. The number of aromatic nitrogens is 2. The monoisotopic (exact) mass is 468 g/mol. The maximum Gasteiger partial charge on any atom is 0.417 e. The van der Waals surface area contributed by atoms with Crippen molar-refractivity contribution in [2.24, 2.45) is 0 Å². The van der Waals surface area contributed by atoms with Gasteiger partial charge in [0.1, 0.15) is 5.82 Å². The second-order valence-electron chi connectivity index (χ2n) is 7.43. The van der Waals surface area contributed by atoms with Gasteiger partial charge >= 0.3 is 11.9 Å². The molecule has 1 amide bonds. The van der Waals surface area contributed by atoms with E-state index in [9.17, 15) is 27.2 Å². The minimum absolute atomic E-state index is 0.0626. The summed E-state index contributed by atoms with van der Waals surface area (Å²) >= 11 is 0. The maximum absolute atomic E-state index is 14.4. The lowest BCUT2D eigenvalue weighted by atomic mass is 10.1. The molecule has 0 atom stereocenters. The molecule has 0 saturated heterocycles. The smallest absolute Gasteiger partial charge is 0.355 e. The van der Waals surface area contributed by atoms with Gasteiger partial charge in [-0.25, -0.2) is 9.18 Å². The van der Waals surface area contributed by atoms with Crippen LogP contribution >= 0.6 is 0 Å². The first-order valence-electron chi connectivity index (χ1n) is 9.98. The summed E-state index contributed by atoms with van der Waals surface area (Å²) in [4.78, 5) is 25.1.